The third-order valence-corrected chi connectivity index (χ3v) is 4.23. The lowest BCUT2D eigenvalue weighted by Gasteiger charge is -2.30. The van der Waals surface area contributed by atoms with E-state index in [1.54, 1.807) is 4.90 Å². The lowest BCUT2D eigenvalue weighted by molar-refractivity contribution is -0.119. The van der Waals surface area contributed by atoms with E-state index in [2.05, 4.69) is 10.2 Å². The standard InChI is InChI=1S/C17H23N3O3/c1-13-11-19(9-10-23-13)12-16(21)18-14-5-2-3-6-15(14)20-8-4-7-17(20)22/h2-3,5-6,13H,4,7-12H2,1H3,(H,18,21). The molecule has 1 aromatic rings. The highest BCUT2D eigenvalue weighted by Crippen LogP contribution is 2.29. The Morgan fingerprint density at radius 2 is 2.17 bits per heavy atom. The minimum Gasteiger partial charge on any atom is -0.376 e. The van der Waals surface area contributed by atoms with E-state index in [1.807, 2.05) is 31.2 Å². The van der Waals surface area contributed by atoms with Gasteiger partial charge in [0, 0.05) is 26.1 Å². The Balaban J connectivity index is 1.65. The van der Waals surface area contributed by atoms with Crippen molar-refractivity contribution in [2.45, 2.75) is 25.9 Å². The second-order valence-corrected chi connectivity index (χ2v) is 6.13. The number of ether oxygens (including phenoxy) is 1. The number of nitrogens with zero attached hydrogens (tertiary/aromatic N) is 2. The second kappa shape index (κ2) is 7.10. The van der Waals surface area contributed by atoms with E-state index in [1.165, 1.54) is 0 Å². The van der Waals surface area contributed by atoms with Crippen LogP contribution < -0.4 is 10.2 Å². The largest absolute Gasteiger partial charge is 0.376 e. The first-order chi connectivity index (χ1) is 11.1. The molecule has 6 heteroatoms. The van der Waals surface area contributed by atoms with Crippen molar-refractivity contribution in [3.8, 4) is 0 Å². The molecule has 6 nitrogen and oxygen atoms in total. The molecule has 0 aromatic heterocycles. The maximum atomic E-state index is 12.3. The molecule has 23 heavy (non-hydrogen) atoms. The maximum absolute atomic E-state index is 12.3. The Labute approximate surface area is 136 Å². The molecule has 124 valence electrons. The van der Waals surface area contributed by atoms with Crippen LogP contribution in [0.5, 0.6) is 0 Å². The van der Waals surface area contributed by atoms with Gasteiger partial charge in [0.25, 0.3) is 0 Å². The molecule has 0 radical (unpaired) electrons. The van der Waals surface area contributed by atoms with E-state index in [9.17, 15) is 9.59 Å². The van der Waals surface area contributed by atoms with Crippen molar-refractivity contribution in [2.24, 2.45) is 0 Å². The molecule has 1 unspecified atom stereocenters. The number of hydrogen-bond donors (Lipinski definition) is 1. The van der Waals surface area contributed by atoms with Crippen molar-refractivity contribution in [1.29, 1.82) is 0 Å². The molecule has 1 aromatic carbocycles. The highest BCUT2D eigenvalue weighted by atomic mass is 16.5. The Hall–Kier alpha value is -1.92. The van der Waals surface area contributed by atoms with Crippen LogP contribution in [-0.4, -0.2) is 55.6 Å². The van der Waals surface area contributed by atoms with Gasteiger partial charge in [0.05, 0.1) is 30.6 Å². The van der Waals surface area contributed by atoms with Crippen molar-refractivity contribution < 1.29 is 14.3 Å². The van der Waals surface area contributed by atoms with Crippen LogP contribution in [0.25, 0.3) is 0 Å². The zero-order valence-corrected chi connectivity index (χ0v) is 13.5. The Bertz CT molecular complexity index is 590. The first-order valence-corrected chi connectivity index (χ1v) is 8.16. The van der Waals surface area contributed by atoms with E-state index in [4.69, 9.17) is 4.74 Å². The van der Waals surface area contributed by atoms with E-state index < -0.39 is 0 Å². The summed E-state index contributed by atoms with van der Waals surface area (Å²) in [5.41, 5.74) is 1.49. The van der Waals surface area contributed by atoms with E-state index in [-0.39, 0.29) is 17.9 Å². The molecular weight excluding hydrogens is 294 g/mol. The van der Waals surface area contributed by atoms with Gasteiger partial charge >= 0.3 is 0 Å². The first kappa shape index (κ1) is 16.0. The minimum absolute atomic E-state index is 0.0572. The van der Waals surface area contributed by atoms with Crippen LogP contribution in [0.1, 0.15) is 19.8 Å². The molecule has 2 saturated heterocycles. The fraction of sp³-hybridized carbons (Fsp3) is 0.529. The number of benzene rings is 1. The van der Waals surface area contributed by atoms with Gasteiger partial charge in [-0.05, 0) is 25.5 Å². The number of nitrogens with one attached hydrogen (secondary N) is 1. The van der Waals surface area contributed by atoms with Gasteiger partial charge in [-0.25, -0.2) is 0 Å². The minimum atomic E-state index is -0.0572. The average Bonchev–Trinajstić information content (AvgIpc) is 2.94. The number of morpholine rings is 1. The summed E-state index contributed by atoms with van der Waals surface area (Å²) in [7, 11) is 0. The van der Waals surface area contributed by atoms with Gasteiger partial charge in [0.1, 0.15) is 0 Å². The number of rotatable bonds is 4. The summed E-state index contributed by atoms with van der Waals surface area (Å²) in [6.07, 6.45) is 1.60. The van der Waals surface area contributed by atoms with Crippen LogP contribution in [-0.2, 0) is 14.3 Å². The molecular formula is C17H23N3O3. The van der Waals surface area contributed by atoms with Crippen LogP contribution >= 0.6 is 0 Å². The fourth-order valence-electron chi connectivity index (χ4n) is 3.14. The molecule has 2 heterocycles. The monoisotopic (exact) mass is 317 g/mol. The Kier molecular flexibility index (Phi) is 4.93. The van der Waals surface area contributed by atoms with Crippen LogP contribution in [0.15, 0.2) is 24.3 Å². The predicted molar refractivity (Wildman–Crippen MR) is 88.5 cm³/mol. The highest BCUT2D eigenvalue weighted by molar-refractivity contribution is 6.02. The number of hydrogen-bond acceptors (Lipinski definition) is 4. The lowest BCUT2D eigenvalue weighted by atomic mass is 10.2. The molecule has 0 spiro atoms. The SMILES string of the molecule is CC1CN(CC(=O)Nc2ccccc2N2CCCC2=O)CCO1. The van der Waals surface area contributed by atoms with Gasteiger partial charge < -0.3 is 15.0 Å². The van der Waals surface area contributed by atoms with Gasteiger partial charge in [-0.2, -0.15) is 0 Å². The molecule has 0 saturated carbocycles. The summed E-state index contributed by atoms with van der Waals surface area (Å²) in [6.45, 7) is 5.26. The summed E-state index contributed by atoms with van der Waals surface area (Å²) >= 11 is 0. The molecule has 1 N–H and O–H groups in total. The van der Waals surface area contributed by atoms with E-state index in [0.29, 0.717) is 31.8 Å². The lowest BCUT2D eigenvalue weighted by Crippen LogP contribution is -2.44. The van der Waals surface area contributed by atoms with Crippen LogP contribution in [0.3, 0.4) is 0 Å². The zero-order valence-electron chi connectivity index (χ0n) is 13.5. The van der Waals surface area contributed by atoms with Gasteiger partial charge in [-0.3, -0.25) is 14.5 Å². The van der Waals surface area contributed by atoms with Crippen molar-refractivity contribution >= 4 is 23.2 Å². The van der Waals surface area contributed by atoms with Crippen molar-refractivity contribution in [1.82, 2.24) is 4.90 Å². The van der Waals surface area contributed by atoms with Crippen molar-refractivity contribution in [3.05, 3.63) is 24.3 Å². The Morgan fingerprint density at radius 3 is 2.91 bits per heavy atom. The summed E-state index contributed by atoms with van der Waals surface area (Å²) < 4.78 is 5.49. The van der Waals surface area contributed by atoms with Gasteiger partial charge in [-0.15, -0.1) is 0 Å². The molecule has 1 atom stereocenters. The van der Waals surface area contributed by atoms with E-state index in [0.717, 1.165) is 25.2 Å². The summed E-state index contributed by atoms with van der Waals surface area (Å²) in [4.78, 5) is 28.1. The molecule has 2 aliphatic heterocycles. The van der Waals surface area contributed by atoms with Crippen LogP contribution in [0.2, 0.25) is 0 Å². The summed E-state index contributed by atoms with van der Waals surface area (Å²) in [6, 6.07) is 7.49. The van der Waals surface area contributed by atoms with Crippen LogP contribution in [0.4, 0.5) is 11.4 Å². The molecule has 0 aliphatic carbocycles. The summed E-state index contributed by atoms with van der Waals surface area (Å²) in [5, 5.41) is 2.95. The normalized spacial score (nSPS) is 22.4. The first-order valence-electron chi connectivity index (χ1n) is 8.16. The third kappa shape index (κ3) is 3.89. The number of amides is 2. The predicted octanol–water partition coefficient (Wildman–Crippen LogP) is 1.47. The zero-order chi connectivity index (χ0) is 16.2. The van der Waals surface area contributed by atoms with E-state index >= 15 is 0 Å². The highest BCUT2D eigenvalue weighted by Gasteiger charge is 2.25. The topological polar surface area (TPSA) is 61.9 Å². The number of carbonyl (C=O) groups excluding carboxylic acids is 2. The molecule has 2 aliphatic rings. The van der Waals surface area contributed by atoms with Gasteiger partial charge in [-0.1, -0.05) is 12.1 Å². The summed E-state index contributed by atoms with van der Waals surface area (Å²) in [5.74, 6) is 0.0619. The molecule has 0 bridgehead atoms. The van der Waals surface area contributed by atoms with Gasteiger partial charge in [0.2, 0.25) is 11.8 Å². The number of para-hydroxylation sites is 2. The van der Waals surface area contributed by atoms with Crippen LogP contribution in [0, 0.1) is 0 Å². The molecule has 3 rings (SSSR count). The van der Waals surface area contributed by atoms with Crippen molar-refractivity contribution in [3.63, 3.8) is 0 Å². The number of carbonyl (C=O) groups is 2. The second-order valence-electron chi connectivity index (χ2n) is 6.13. The smallest absolute Gasteiger partial charge is 0.238 e. The van der Waals surface area contributed by atoms with Gasteiger partial charge in [0.15, 0.2) is 0 Å². The quantitative estimate of drug-likeness (QED) is 0.913. The van der Waals surface area contributed by atoms with Crippen molar-refractivity contribution in [2.75, 3.05) is 43.0 Å². The molecule has 2 fully saturated rings. The number of anilines is 2. The molecule has 2 amide bonds. The Morgan fingerprint density at radius 1 is 1.35 bits per heavy atom. The fourth-order valence-corrected chi connectivity index (χ4v) is 3.14. The maximum Gasteiger partial charge on any atom is 0.238 e. The third-order valence-electron chi connectivity index (χ3n) is 4.23. The average molecular weight is 317 g/mol.